The first kappa shape index (κ1) is 30.7. The molecule has 0 saturated heterocycles. The van der Waals surface area contributed by atoms with E-state index in [-0.39, 0.29) is 49.7 Å². The molecule has 1 aliphatic rings. The van der Waals surface area contributed by atoms with Crippen LogP contribution in [0.3, 0.4) is 0 Å². The summed E-state index contributed by atoms with van der Waals surface area (Å²) in [7, 11) is 1.63. The summed E-state index contributed by atoms with van der Waals surface area (Å²) in [5.41, 5.74) is 1.28. The molecule has 0 aliphatic carbocycles. The number of amides is 4. The molecule has 3 unspecified atom stereocenters. The zero-order valence-corrected chi connectivity index (χ0v) is 22.7. The number of hydrogen-bond donors (Lipinski definition) is 3. The van der Waals surface area contributed by atoms with Gasteiger partial charge in [0.25, 0.3) is 0 Å². The van der Waals surface area contributed by atoms with Crippen LogP contribution in [0.2, 0.25) is 0 Å². The van der Waals surface area contributed by atoms with Gasteiger partial charge in [0.15, 0.2) is 0 Å². The number of benzene rings is 2. The normalized spacial score (nSPS) is 18.4. The maximum Gasteiger partial charge on any atom is 0.389 e. The maximum absolute atomic E-state index is 13.3. The van der Waals surface area contributed by atoms with Crippen molar-refractivity contribution in [3.63, 3.8) is 0 Å². The van der Waals surface area contributed by atoms with Gasteiger partial charge >= 0.3 is 12.2 Å². The van der Waals surface area contributed by atoms with Crippen LogP contribution in [-0.2, 0) is 16.0 Å². The van der Waals surface area contributed by atoms with Crippen molar-refractivity contribution < 1.29 is 37.4 Å². The Morgan fingerprint density at radius 2 is 1.85 bits per heavy atom. The number of aliphatic hydroxyl groups excluding tert-OH is 1. The topological polar surface area (TPSA) is 111 Å². The van der Waals surface area contributed by atoms with Gasteiger partial charge in [-0.2, -0.15) is 13.2 Å². The van der Waals surface area contributed by atoms with E-state index in [2.05, 4.69) is 10.6 Å². The van der Waals surface area contributed by atoms with Gasteiger partial charge in [0.05, 0.1) is 32.0 Å². The van der Waals surface area contributed by atoms with Gasteiger partial charge in [0.1, 0.15) is 11.9 Å². The molecule has 4 amide bonds. The summed E-state index contributed by atoms with van der Waals surface area (Å²) < 4.78 is 43.9. The van der Waals surface area contributed by atoms with Crippen LogP contribution in [0, 0.1) is 5.92 Å². The van der Waals surface area contributed by atoms with Crippen molar-refractivity contribution in [3.8, 4) is 5.75 Å². The van der Waals surface area contributed by atoms with Crippen LogP contribution in [-0.4, -0.2) is 77.8 Å². The van der Waals surface area contributed by atoms with Crippen LogP contribution in [0.5, 0.6) is 5.75 Å². The number of carbonyl (C=O) groups excluding carboxylic acids is 3. The number of ether oxygens (including phenoxy) is 1. The fourth-order valence-electron chi connectivity index (χ4n) is 4.30. The summed E-state index contributed by atoms with van der Waals surface area (Å²) in [6.45, 7) is 3.78. The van der Waals surface area contributed by atoms with Crippen LogP contribution >= 0.6 is 0 Å². The third-order valence-corrected chi connectivity index (χ3v) is 6.66. The molecule has 2 aromatic rings. The molecule has 3 N–H and O–H groups in total. The summed E-state index contributed by atoms with van der Waals surface area (Å²) in [5, 5.41) is 15.0. The molecule has 2 aromatic carbocycles. The van der Waals surface area contributed by atoms with Gasteiger partial charge in [-0.1, -0.05) is 25.1 Å². The summed E-state index contributed by atoms with van der Waals surface area (Å²) >= 11 is 0. The van der Waals surface area contributed by atoms with Crippen LogP contribution in [0.15, 0.2) is 48.5 Å². The van der Waals surface area contributed by atoms with E-state index >= 15 is 0 Å². The predicted molar refractivity (Wildman–Crippen MR) is 144 cm³/mol. The van der Waals surface area contributed by atoms with Gasteiger partial charge in [0.2, 0.25) is 11.8 Å². The fraction of sp³-hybridized carbons (Fsp3) is 0.464. The first-order chi connectivity index (χ1) is 18.9. The van der Waals surface area contributed by atoms with E-state index in [0.29, 0.717) is 17.0 Å². The Hall–Kier alpha value is -3.80. The molecule has 0 fully saturated rings. The van der Waals surface area contributed by atoms with E-state index in [1.54, 1.807) is 49.2 Å². The van der Waals surface area contributed by atoms with Gasteiger partial charge in [-0.15, -0.1) is 0 Å². The van der Waals surface area contributed by atoms with Crippen LogP contribution < -0.4 is 15.4 Å². The number of nitrogens with zero attached hydrogens (tertiary/aromatic N) is 2. The minimum Gasteiger partial charge on any atom is -0.488 e. The van der Waals surface area contributed by atoms with Crippen LogP contribution in [0.1, 0.15) is 32.3 Å². The third-order valence-electron chi connectivity index (χ3n) is 6.66. The van der Waals surface area contributed by atoms with Gasteiger partial charge in [-0.25, -0.2) is 4.79 Å². The van der Waals surface area contributed by atoms with Gasteiger partial charge < -0.3 is 30.3 Å². The number of halogens is 3. The first-order valence-electron chi connectivity index (χ1n) is 13.0. The lowest BCUT2D eigenvalue weighted by atomic mass is 10.0. The molecule has 1 heterocycles. The number of rotatable bonds is 8. The molecule has 40 heavy (non-hydrogen) atoms. The Kier molecular flexibility index (Phi) is 10.4. The Morgan fingerprint density at radius 3 is 2.50 bits per heavy atom. The Morgan fingerprint density at radius 1 is 1.15 bits per heavy atom. The quantitative estimate of drug-likeness (QED) is 0.443. The summed E-state index contributed by atoms with van der Waals surface area (Å²) in [4.78, 5) is 41.2. The second-order valence-electron chi connectivity index (χ2n) is 10.1. The van der Waals surface area contributed by atoms with Crippen molar-refractivity contribution in [1.82, 2.24) is 9.80 Å². The molecule has 1 aliphatic heterocycles. The van der Waals surface area contributed by atoms with Crippen molar-refractivity contribution in [2.75, 3.05) is 37.4 Å². The first-order valence-corrected chi connectivity index (χ1v) is 13.0. The van der Waals surface area contributed by atoms with Crippen LogP contribution in [0.25, 0.3) is 0 Å². The molecule has 0 aromatic heterocycles. The Labute approximate surface area is 231 Å². The highest BCUT2D eigenvalue weighted by atomic mass is 19.4. The number of urea groups is 1. The van der Waals surface area contributed by atoms with E-state index < -0.39 is 37.1 Å². The van der Waals surface area contributed by atoms with Gasteiger partial charge in [-0.3, -0.25) is 9.59 Å². The van der Waals surface area contributed by atoms with Crippen molar-refractivity contribution in [2.45, 2.75) is 51.4 Å². The average Bonchev–Trinajstić information content (AvgIpc) is 2.94. The number of alkyl halides is 3. The molecule has 9 nitrogen and oxygen atoms in total. The number of anilines is 2. The molecular formula is C28H35F3N4O5. The molecule has 3 atom stereocenters. The zero-order chi connectivity index (χ0) is 29.4. The van der Waals surface area contributed by atoms with Crippen molar-refractivity contribution in [1.29, 1.82) is 0 Å². The summed E-state index contributed by atoms with van der Waals surface area (Å²) in [5.74, 6) is -0.984. The molecule has 3 rings (SSSR count). The second kappa shape index (κ2) is 13.5. The monoisotopic (exact) mass is 564 g/mol. The molecule has 12 heteroatoms. The lowest BCUT2D eigenvalue weighted by Gasteiger charge is -2.34. The Balaban J connectivity index is 1.84. The van der Waals surface area contributed by atoms with Crippen molar-refractivity contribution >= 4 is 29.2 Å². The van der Waals surface area contributed by atoms with E-state index in [1.165, 1.54) is 17.0 Å². The van der Waals surface area contributed by atoms with Gasteiger partial charge in [-0.05, 0) is 37.3 Å². The number of fused-ring (bicyclic) bond motifs is 1. The zero-order valence-electron chi connectivity index (χ0n) is 22.7. The highest BCUT2D eigenvalue weighted by molar-refractivity contribution is 5.91. The molecule has 0 bridgehead atoms. The highest BCUT2D eigenvalue weighted by Gasteiger charge is 2.32. The van der Waals surface area contributed by atoms with Crippen molar-refractivity contribution in [3.05, 3.63) is 54.1 Å². The number of aliphatic hydroxyl groups is 1. The van der Waals surface area contributed by atoms with Gasteiger partial charge in [0, 0.05) is 42.9 Å². The summed E-state index contributed by atoms with van der Waals surface area (Å²) in [6.07, 6.45) is -7.10. The number of hydrogen-bond acceptors (Lipinski definition) is 5. The number of para-hydroxylation sites is 1. The average molecular weight is 565 g/mol. The third kappa shape index (κ3) is 8.87. The SMILES string of the molecule is CC1CN(C(C)CO)C(=O)Cc2cc(NC(=O)CCC(F)(F)F)ccc2OC1CN(C)C(=O)Nc1ccccc1. The largest absolute Gasteiger partial charge is 0.488 e. The molecule has 0 radical (unpaired) electrons. The van der Waals surface area contributed by atoms with E-state index in [9.17, 15) is 32.7 Å². The lowest BCUT2D eigenvalue weighted by molar-refractivity contribution is -0.142. The smallest absolute Gasteiger partial charge is 0.389 e. The van der Waals surface area contributed by atoms with Crippen molar-refractivity contribution in [2.24, 2.45) is 5.92 Å². The number of carbonyl (C=O) groups is 3. The van der Waals surface area contributed by atoms with Crippen LogP contribution in [0.4, 0.5) is 29.3 Å². The lowest BCUT2D eigenvalue weighted by Crippen LogP contribution is -2.48. The number of likely N-dealkylation sites (N-methyl/N-ethyl adjacent to an activating group) is 1. The fourth-order valence-corrected chi connectivity index (χ4v) is 4.30. The van der Waals surface area contributed by atoms with E-state index in [4.69, 9.17) is 4.74 Å². The standard InChI is InChI=1S/C28H35F3N4O5/c1-18-15-35(19(2)17-36)26(38)14-20-13-22(32-25(37)11-12-28(29,30)31)9-10-23(20)40-24(18)16-34(3)27(39)33-21-7-5-4-6-8-21/h4-10,13,18-19,24,36H,11-12,14-17H2,1-3H3,(H,32,37)(H,33,39). The summed E-state index contributed by atoms with van der Waals surface area (Å²) in [6, 6.07) is 12.7. The van der Waals surface area contributed by atoms with E-state index in [0.717, 1.165) is 0 Å². The maximum atomic E-state index is 13.3. The minimum absolute atomic E-state index is 0.115. The minimum atomic E-state index is -4.45. The predicted octanol–water partition coefficient (Wildman–Crippen LogP) is 4.28. The second-order valence-corrected chi connectivity index (χ2v) is 10.1. The number of nitrogens with one attached hydrogen (secondary N) is 2. The molecular weight excluding hydrogens is 529 g/mol. The highest BCUT2D eigenvalue weighted by Crippen LogP contribution is 2.30. The molecule has 218 valence electrons. The molecule has 0 saturated carbocycles. The molecule has 0 spiro atoms. The van der Waals surface area contributed by atoms with E-state index in [1.807, 2.05) is 13.0 Å². The Bertz CT molecular complexity index is 1180.